The van der Waals surface area contributed by atoms with Crippen molar-refractivity contribution in [1.82, 2.24) is 0 Å². The van der Waals surface area contributed by atoms with Crippen molar-refractivity contribution in [2.75, 3.05) is 6.54 Å². The molecule has 1 aromatic rings. The second-order valence-electron chi connectivity index (χ2n) is 3.35. The monoisotopic (exact) mass is 195 g/mol. The van der Waals surface area contributed by atoms with Gasteiger partial charge in [-0.15, -0.1) is 11.8 Å². The molecular formula is C11H17NS. The second kappa shape index (κ2) is 5.30. The molecule has 1 rings (SSSR count). The van der Waals surface area contributed by atoms with Gasteiger partial charge in [-0.2, -0.15) is 0 Å². The summed E-state index contributed by atoms with van der Waals surface area (Å²) in [5, 5.41) is 0.646. The summed E-state index contributed by atoms with van der Waals surface area (Å²) in [7, 11) is 0. The van der Waals surface area contributed by atoms with Crippen LogP contribution in [0, 0.1) is 0 Å². The third-order valence-corrected chi connectivity index (χ3v) is 2.70. The van der Waals surface area contributed by atoms with Crippen LogP contribution in [-0.4, -0.2) is 11.8 Å². The first kappa shape index (κ1) is 10.6. The van der Waals surface area contributed by atoms with E-state index < -0.39 is 0 Å². The summed E-state index contributed by atoms with van der Waals surface area (Å²) in [5.74, 6) is 0. The van der Waals surface area contributed by atoms with E-state index >= 15 is 0 Å². The van der Waals surface area contributed by atoms with Gasteiger partial charge >= 0.3 is 0 Å². The first-order chi connectivity index (χ1) is 6.22. The normalized spacial score (nSPS) is 10.8. The minimum Gasteiger partial charge on any atom is -0.330 e. The Morgan fingerprint density at radius 2 is 2.15 bits per heavy atom. The van der Waals surface area contributed by atoms with E-state index in [1.807, 2.05) is 11.8 Å². The Hall–Kier alpha value is -0.470. The summed E-state index contributed by atoms with van der Waals surface area (Å²) in [6.45, 7) is 5.15. The topological polar surface area (TPSA) is 26.0 Å². The van der Waals surface area contributed by atoms with Crippen LogP contribution in [-0.2, 0) is 6.42 Å². The number of hydrogen-bond acceptors (Lipinski definition) is 2. The molecule has 0 saturated heterocycles. The lowest BCUT2D eigenvalue weighted by Gasteiger charge is -2.06. The molecule has 0 bridgehead atoms. The van der Waals surface area contributed by atoms with Crippen molar-refractivity contribution in [3.63, 3.8) is 0 Å². The van der Waals surface area contributed by atoms with Crippen LogP contribution in [0.1, 0.15) is 19.4 Å². The van der Waals surface area contributed by atoms with Crippen LogP contribution in [0.25, 0.3) is 0 Å². The fraction of sp³-hybridized carbons (Fsp3) is 0.455. The molecular weight excluding hydrogens is 178 g/mol. The highest BCUT2D eigenvalue weighted by Gasteiger charge is 1.98. The molecule has 0 aromatic heterocycles. The molecule has 1 nitrogen and oxygen atoms in total. The van der Waals surface area contributed by atoms with Crippen LogP contribution < -0.4 is 5.73 Å². The summed E-state index contributed by atoms with van der Waals surface area (Å²) >= 11 is 1.90. The maximum atomic E-state index is 5.51. The molecule has 0 heterocycles. The van der Waals surface area contributed by atoms with Crippen molar-refractivity contribution in [3.05, 3.63) is 29.8 Å². The predicted molar refractivity (Wildman–Crippen MR) is 60.2 cm³/mol. The van der Waals surface area contributed by atoms with Crippen molar-refractivity contribution >= 4 is 11.8 Å². The van der Waals surface area contributed by atoms with Crippen molar-refractivity contribution in [2.45, 2.75) is 30.4 Å². The lowest BCUT2D eigenvalue weighted by atomic mass is 10.2. The van der Waals surface area contributed by atoms with E-state index in [0.717, 1.165) is 13.0 Å². The summed E-state index contributed by atoms with van der Waals surface area (Å²) in [4.78, 5) is 1.35. The van der Waals surface area contributed by atoms with Crippen LogP contribution in [0.2, 0.25) is 0 Å². The van der Waals surface area contributed by atoms with Gasteiger partial charge in [0.1, 0.15) is 0 Å². The number of benzene rings is 1. The number of nitrogens with two attached hydrogens (primary N) is 1. The van der Waals surface area contributed by atoms with Crippen LogP contribution in [0.5, 0.6) is 0 Å². The molecule has 0 spiro atoms. The van der Waals surface area contributed by atoms with Gasteiger partial charge in [-0.1, -0.05) is 26.0 Å². The molecule has 2 N–H and O–H groups in total. The zero-order valence-electron chi connectivity index (χ0n) is 8.29. The molecule has 0 radical (unpaired) electrons. The minimum absolute atomic E-state index is 0.646. The summed E-state index contributed by atoms with van der Waals surface area (Å²) in [6.07, 6.45) is 0.979. The maximum Gasteiger partial charge on any atom is 0.00773 e. The molecule has 0 aliphatic heterocycles. The van der Waals surface area contributed by atoms with Gasteiger partial charge in [-0.05, 0) is 30.7 Å². The van der Waals surface area contributed by atoms with Gasteiger partial charge in [0, 0.05) is 10.1 Å². The van der Waals surface area contributed by atoms with Gasteiger partial charge in [0.2, 0.25) is 0 Å². The molecule has 0 fully saturated rings. The van der Waals surface area contributed by atoms with E-state index in [1.165, 1.54) is 10.5 Å². The Kier molecular flexibility index (Phi) is 4.33. The van der Waals surface area contributed by atoms with Gasteiger partial charge in [-0.25, -0.2) is 0 Å². The number of rotatable bonds is 4. The van der Waals surface area contributed by atoms with Crippen LogP contribution in [0.4, 0.5) is 0 Å². The van der Waals surface area contributed by atoms with Gasteiger partial charge in [0.15, 0.2) is 0 Å². The van der Waals surface area contributed by atoms with E-state index in [9.17, 15) is 0 Å². The molecule has 13 heavy (non-hydrogen) atoms. The average Bonchev–Trinajstić information content (AvgIpc) is 2.04. The molecule has 0 saturated carbocycles. The van der Waals surface area contributed by atoms with Crippen molar-refractivity contribution < 1.29 is 0 Å². The fourth-order valence-electron chi connectivity index (χ4n) is 1.21. The SMILES string of the molecule is CC(C)Sc1cccc(CCN)c1. The minimum atomic E-state index is 0.646. The Morgan fingerprint density at radius 3 is 2.77 bits per heavy atom. The maximum absolute atomic E-state index is 5.51. The molecule has 0 atom stereocenters. The van der Waals surface area contributed by atoms with E-state index in [-0.39, 0.29) is 0 Å². The number of thioether (sulfide) groups is 1. The summed E-state index contributed by atoms with van der Waals surface area (Å²) in [5.41, 5.74) is 6.85. The third-order valence-electron chi connectivity index (χ3n) is 1.70. The average molecular weight is 195 g/mol. The van der Waals surface area contributed by atoms with Crippen LogP contribution >= 0.6 is 11.8 Å². The van der Waals surface area contributed by atoms with Crippen molar-refractivity contribution in [3.8, 4) is 0 Å². The Morgan fingerprint density at radius 1 is 1.38 bits per heavy atom. The third kappa shape index (κ3) is 3.83. The predicted octanol–water partition coefficient (Wildman–Crippen LogP) is 2.69. The van der Waals surface area contributed by atoms with E-state index in [4.69, 9.17) is 5.73 Å². The highest BCUT2D eigenvalue weighted by atomic mass is 32.2. The van der Waals surface area contributed by atoms with Crippen LogP contribution in [0.3, 0.4) is 0 Å². The fourth-order valence-corrected chi connectivity index (χ4v) is 2.13. The lowest BCUT2D eigenvalue weighted by molar-refractivity contribution is 0.963. The lowest BCUT2D eigenvalue weighted by Crippen LogP contribution is -2.02. The van der Waals surface area contributed by atoms with Crippen molar-refractivity contribution in [2.24, 2.45) is 5.73 Å². The second-order valence-corrected chi connectivity index (χ2v) is 5.00. The number of hydrogen-bond donors (Lipinski definition) is 1. The highest BCUT2D eigenvalue weighted by molar-refractivity contribution is 7.99. The molecule has 0 amide bonds. The largest absolute Gasteiger partial charge is 0.330 e. The van der Waals surface area contributed by atoms with Gasteiger partial charge in [0.05, 0.1) is 0 Å². The quantitative estimate of drug-likeness (QED) is 0.748. The van der Waals surface area contributed by atoms with E-state index in [2.05, 4.69) is 38.1 Å². The Balaban J connectivity index is 2.67. The first-order valence-corrected chi connectivity index (χ1v) is 5.56. The molecule has 72 valence electrons. The Labute approximate surface area is 84.7 Å². The van der Waals surface area contributed by atoms with E-state index in [1.54, 1.807) is 0 Å². The van der Waals surface area contributed by atoms with Crippen LogP contribution in [0.15, 0.2) is 29.2 Å². The standard InChI is InChI=1S/C11H17NS/c1-9(2)13-11-5-3-4-10(8-11)6-7-12/h3-5,8-9H,6-7,12H2,1-2H3. The van der Waals surface area contributed by atoms with Crippen molar-refractivity contribution in [1.29, 1.82) is 0 Å². The summed E-state index contributed by atoms with van der Waals surface area (Å²) in [6, 6.07) is 8.63. The van der Waals surface area contributed by atoms with Gasteiger partial charge < -0.3 is 5.73 Å². The van der Waals surface area contributed by atoms with E-state index in [0.29, 0.717) is 5.25 Å². The molecule has 0 aliphatic rings. The molecule has 2 heteroatoms. The highest BCUT2D eigenvalue weighted by Crippen LogP contribution is 2.23. The first-order valence-electron chi connectivity index (χ1n) is 4.68. The van der Waals surface area contributed by atoms with Gasteiger partial charge in [0.25, 0.3) is 0 Å². The molecule has 0 unspecified atom stereocenters. The molecule has 0 aliphatic carbocycles. The zero-order valence-corrected chi connectivity index (χ0v) is 9.10. The smallest absolute Gasteiger partial charge is 0.00773 e. The van der Waals surface area contributed by atoms with Gasteiger partial charge in [-0.3, -0.25) is 0 Å². The molecule has 1 aromatic carbocycles. The summed E-state index contributed by atoms with van der Waals surface area (Å²) < 4.78 is 0. The Bertz CT molecular complexity index is 258. The zero-order chi connectivity index (χ0) is 9.68.